The summed E-state index contributed by atoms with van der Waals surface area (Å²) in [6.07, 6.45) is 0.168. The summed E-state index contributed by atoms with van der Waals surface area (Å²) in [6, 6.07) is 8.34. The molecule has 0 unspecified atom stereocenters. The van der Waals surface area contributed by atoms with Crippen LogP contribution in [-0.2, 0) is 15.1 Å². The zero-order valence-electron chi connectivity index (χ0n) is 12.4. The minimum absolute atomic E-state index is 0.168. The van der Waals surface area contributed by atoms with Crippen LogP contribution in [0.5, 0.6) is 0 Å². The highest BCUT2D eigenvalue weighted by Gasteiger charge is 2.49. The molecule has 0 aromatic heterocycles. The predicted octanol–water partition coefficient (Wildman–Crippen LogP) is 1.25. The SMILES string of the molecule is C[C@@]1(c2cccc(Br)c2)NC(=O)N(CC(=O)NCCC#N)C1=O. The van der Waals surface area contributed by atoms with Crippen LogP contribution >= 0.6 is 15.9 Å². The molecule has 1 aromatic carbocycles. The van der Waals surface area contributed by atoms with Crippen LogP contribution in [0, 0.1) is 11.3 Å². The first-order chi connectivity index (χ1) is 10.9. The first-order valence-electron chi connectivity index (χ1n) is 6.92. The largest absolute Gasteiger partial charge is 0.354 e. The summed E-state index contributed by atoms with van der Waals surface area (Å²) in [4.78, 5) is 37.3. The number of hydrogen-bond donors (Lipinski definition) is 2. The molecule has 4 amide bonds. The number of nitrogens with zero attached hydrogens (tertiary/aromatic N) is 2. The maximum atomic E-state index is 12.6. The van der Waals surface area contributed by atoms with E-state index in [1.54, 1.807) is 25.1 Å². The van der Waals surface area contributed by atoms with Crippen molar-refractivity contribution < 1.29 is 14.4 Å². The van der Waals surface area contributed by atoms with Crippen molar-refractivity contribution in [2.45, 2.75) is 18.9 Å². The lowest BCUT2D eigenvalue weighted by molar-refractivity contribution is -0.134. The van der Waals surface area contributed by atoms with Gasteiger partial charge in [-0.15, -0.1) is 0 Å². The van der Waals surface area contributed by atoms with Crippen molar-refractivity contribution in [1.29, 1.82) is 5.26 Å². The minimum Gasteiger partial charge on any atom is -0.354 e. The van der Waals surface area contributed by atoms with Gasteiger partial charge in [0, 0.05) is 11.0 Å². The van der Waals surface area contributed by atoms with Crippen molar-refractivity contribution >= 4 is 33.8 Å². The van der Waals surface area contributed by atoms with Crippen molar-refractivity contribution in [2.24, 2.45) is 0 Å². The van der Waals surface area contributed by atoms with Gasteiger partial charge in [-0.2, -0.15) is 5.26 Å². The fraction of sp³-hybridized carbons (Fsp3) is 0.333. The van der Waals surface area contributed by atoms with Crippen LogP contribution in [0.3, 0.4) is 0 Å². The molecule has 1 aliphatic rings. The molecule has 0 aliphatic carbocycles. The molecule has 1 aliphatic heterocycles. The van der Waals surface area contributed by atoms with Gasteiger partial charge < -0.3 is 10.6 Å². The number of nitrogens with one attached hydrogen (secondary N) is 2. The highest BCUT2D eigenvalue weighted by molar-refractivity contribution is 9.10. The zero-order chi connectivity index (χ0) is 17.0. The summed E-state index contributed by atoms with van der Waals surface area (Å²) in [5.74, 6) is -0.974. The Bertz CT molecular complexity index is 700. The van der Waals surface area contributed by atoms with Crippen LogP contribution in [0.4, 0.5) is 4.79 Å². The first-order valence-corrected chi connectivity index (χ1v) is 7.71. The van der Waals surface area contributed by atoms with Gasteiger partial charge in [0.1, 0.15) is 12.1 Å². The third-order valence-electron chi connectivity index (χ3n) is 3.54. The molecular weight excluding hydrogens is 364 g/mol. The summed E-state index contributed by atoms with van der Waals surface area (Å²) in [5.41, 5.74) is -0.592. The Labute approximate surface area is 141 Å². The van der Waals surface area contributed by atoms with E-state index in [0.717, 1.165) is 9.37 Å². The molecule has 0 saturated carbocycles. The Morgan fingerprint density at radius 3 is 2.87 bits per heavy atom. The third-order valence-corrected chi connectivity index (χ3v) is 4.03. The van der Waals surface area contributed by atoms with Crippen LogP contribution in [0.15, 0.2) is 28.7 Å². The molecule has 1 heterocycles. The van der Waals surface area contributed by atoms with Gasteiger partial charge in [0.25, 0.3) is 5.91 Å². The Morgan fingerprint density at radius 1 is 1.48 bits per heavy atom. The molecule has 120 valence electrons. The highest BCUT2D eigenvalue weighted by Crippen LogP contribution is 2.30. The average molecular weight is 379 g/mol. The van der Waals surface area contributed by atoms with Crippen LogP contribution in [0.25, 0.3) is 0 Å². The van der Waals surface area contributed by atoms with E-state index in [4.69, 9.17) is 5.26 Å². The summed E-state index contributed by atoms with van der Waals surface area (Å²) in [6.45, 7) is 1.41. The van der Waals surface area contributed by atoms with Crippen molar-refractivity contribution in [3.05, 3.63) is 34.3 Å². The molecule has 1 fully saturated rings. The number of imide groups is 1. The predicted molar refractivity (Wildman–Crippen MR) is 85.0 cm³/mol. The second-order valence-electron chi connectivity index (χ2n) is 5.21. The molecular formula is C15H15BrN4O3. The Kier molecular flexibility index (Phi) is 5.01. The molecule has 23 heavy (non-hydrogen) atoms. The second kappa shape index (κ2) is 6.79. The van der Waals surface area contributed by atoms with Crippen LogP contribution in [0.2, 0.25) is 0 Å². The molecule has 2 rings (SSSR count). The van der Waals surface area contributed by atoms with Gasteiger partial charge in [-0.25, -0.2) is 4.79 Å². The number of hydrogen-bond acceptors (Lipinski definition) is 4. The number of halogens is 1. The molecule has 1 saturated heterocycles. The monoisotopic (exact) mass is 378 g/mol. The third kappa shape index (κ3) is 3.51. The van der Waals surface area contributed by atoms with Crippen molar-refractivity contribution in [2.75, 3.05) is 13.1 Å². The Balaban J connectivity index is 2.13. The number of carbonyl (C=O) groups excluding carboxylic acids is 3. The van der Waals surface area contributed by atoms with E-state index < -0.39 is 23.4 Å². The molecule has 1 atom stereocenters. The van der Waals surface area contributed by atoms with Crippen molar-refractivity contribution in [1.82, 2.24) is 15.5 Å². The van der Waals surface area contributed by atoms with Gasteiger partial charge in [-0.05, 0) is 24.6 Å². The van der Waals surface area contributed by atoms with Gasteiger partial charge in [-0.3, -0.25) is 14.5 Å². The molecule has 0 spiro atoms. The summed E-state index contributed by atoms with van der Waals surface area (Å²) in [5, 5.41) is 13.5. The lowest BCUT2D eigenvalue weighted by Crippen LogP contribution is -2.43. The lowest BCUT2D eigenvalue weighted by atomic mass is 9.92. The first kappa shape index (κ1) is 17.0. The van der Waals surface area contributed by atoms with Gasteiger partial charge in [-0.1, -0.05) is 28.1 Å². The normalized spacial score (nSPS) is 20.1. The van der Waals surface area contributed by atoms with Crippen LogP contribution < -0.4 is 10.6 Å². The van der Waals surface area contributed by atoms with Crippen LogP contribution in [0.1, 0.15) is 18.9 Å². The van der Waals surface area contributed by atoms with E-state index in [-0.39, 0.29) is 19.5 Å². The summed E-state index contributed by atoms with van der Waals surface area (Å²) in [7, 11) is 0. The van der Waals surface area contributed by atoms with Crippen LogP contribution in [-0.4, -0.2) is 35.8 Å². The average Bonchev–Trinajstić information content (AvgIpc) is 2.72. The smallest absolute Gasteiger partial charge is 0.325 e. The Morgan fingerprint density at radius 2 is 2.22 bits per heavy atom. The van der Waals surface area contributed by atoms with Gasteiger partial charge in [0.05, 0.1) is 12.5 Å². The zero-order valence-corrected chi connectivity index (χ0v) is 14.0. The summed E-state index contributed by atoms with van der Waals surface area (Å²) < 4.78 is 0.783. The molecule has 0 radical (unpaired) electrons. The van der Waals surface area contributed by atoms with Gasteiger partial charge >= 0.3 is 6.03 Å². The highest BCUT2D eigenvalue weighted by atomic mass is 79.9. The number of urea groups is 1. The van der Waals surface area contributed by atoms with Crippen molar-refractivity contribution in [3.63, 3.8) is 0 Å². The second-order valence-corrected chi connectivity index (χ2v) is 6.13. The number of amides is 4. The van der Waals surface area contributed by atoms with E-state index in [0.29, 0.717) is 5.56 Å². The lowest BCUT2D eigenvalue weighted by Gasteiger charge is -2.22. The minimum atomic E-state index is -1.21. The molecule has 8 heteroatoms. The number of carbonyl (C=O) groups is 3. The fourth-order valence-corrected chi connectivity index (χ4v) is 2.69. The maximum Gasteiger partial charge on any atom is 0.325 e. The number of rotatable bonds is 5. The van der Waals surface area contributed by atoms with E-state index in [9.17, 15) is 14.4 Å². The maximum absolute atomic E-state index is 12.6. The van der Waals surface area contributed by atoms with Gasteiger partial charge in [0.15, 0.2) is 0 Å². The van der Waals surface area contributed by atoms with Crippen molar-refractivity contribution in [3.8, 4) is 6.07 Å². The number of nitriles is 1. The van der Waals surface area contributed by atoms with E-state index in [1.807, 2.05) is 12.1 Å². The molecule has 7 nitrogen and oxygen atoms in total. The molecule has 2 N–H and O–H groups in total. The van der Waals surface area contributed by atoms with Gasteiger partial charge in [0.2, 0.25) is 5.91 Å². The summed E-state index contributed by atoms with van der Waals surface area (Å²) >= 11 is 3.33. The molecule has 0 bridgehead atoms. The quantitative estimate of drug-likeness (QED) is 0.594. The van der Waals surface area contributed by atoms with E-state index in [2.05, 4.69) is 26.6 Å². The number of benzene rings is 1. The molecule has 1 aromatic rings. The van der Waals surface area contributed by atoms with E-state index in [1.165, 1.54) is 0 Å². The standard InChI is InChI=1S/C15H15BrN4O3/c1-15(10-4-2-5-11(16)8-10)13(22)20(14(23)19-15)9-12(21)18-7-3-6-17/h2,4-5,8H,3,7,9H2,1H3,(H,18,21)(H,19,23)/t15-/m0/s1. The Hall–Kier alpha value is -2.40. The van der Waals surface area contributed by atoms with E-state index >= 15 is 0 Å². The fourth-order valence-electron chi connectivity index (χ4n) is 2.29. The topological polar surface area (TPSA) is 102 Å².